The molecule has 0 aliphatic carbocycles. The fraction of sp³-hybridized carbons (Fsp3) is 0.304. The van der Waals surface area contributed by atoms with Crippen molar-refractivity contribution in [3.8, 4) is 0 Å². The summed E-state index contributed by atoms with van der Waals surface area (Å²) >= 11 is 0. The number of rotatable bonds is 6. The van der Waals surface area contributed by atoms with Crippen LogP contribution in [-0.2, 0) is 9.59 Å². The molecule has 4 rings (SSSR count). The third kappa shape index (κ3) is 3.83. The Balaban J connectivity index is 1.26. The molecule has 1 atom stereocenters. The Bertz CT molecular complexity index is 980. The third-order valence-corrected chi connectivity index (χ3v) is 5.50. The van der Waals surface area contributed by atoms with Gasteiger partial charge in [0.15, 0.2) is 0 Å². The number of aryl methyl sites for hydroxylation is 1. The van der Waals surface area contributed by atoms with Crippen molar-refractivity contribution in [3.05, 3.63) is 65.2 Å². The number of anilines is 1. The number of hydrogen-bond acceptors (Lipinski definition) is 4. The molecule has 2 aliphatic heterocycles. The van der Waals surface area contributed by atoms with E-state index in [-0.39, 0.29) is 49.1 Å². The first-order valence-electron chi connectivity index (χ1n) is 10.1. The Morgan fingerprint density at radius 2 is 1.63 bits per heavy atom. The van der Waals surface area contributed by atoms with Gasteiger partial charge in [-0.1, -0.05) is 29.8 Å². The number of carbonyl (C=O) groups excluding carboxylic acids is 4. The molecule has 0 saturated carbocycles. The molecule has 2 aromatic carbocycles. The fourth-order valence-corrected chi connectivity index (χ4v) is 3.92. The maximum absolute atomic E-state index is 12.4. The molecule has 2 heterocycles. The van der Waals surface area contributed by atoms with Gasteiger partial charge < -0.3 is 10.2 Å². The average Bonchev–Trinajstić information content (AvgIpc) is 3.21. The molecular weight excluding hydrogens is 382 g/mol. The van der Waals surface area contributed by atoms with Gasteiger partial charge in [-0.25, -0.2) is 0 Å². The largest absolute Gasteiger partial charge is 0.351 e. The zero-order valence-corrected chi connectivity index (χ0v) is 16.8. The SMILES string of the molecule is Cc1ccc(N2C[C@H](NC(=O)CCCN3C(=O)c4ccccc4C3=O)CC2=O)cc1. The molecule has 4 amide bonds. The number of fused-ring (bicyclic) bond motifs is 1. The van der Waals surface area contributed by atoms with Crippen LogP contribution in [0.2, 0.25) is 0 Å². The summed E-state index contributed by atoms with van der Waals surface area (Å²) in [6, 6.07) is 14.2. The van der Waals surface area contributed by atoms with Gasteiger partial charge >= 0.3 is 0 Å². The number of amides is 4. The van der Waals surface area contributed by atoms with Crippen LogP contribution in [0, 0.1) is 6.92 Å². The van der Waals surface area contributed by atoms with E-state index >= 15 is 0 Å². The van der Waals surface area contributed by atoms with Crippen LogP contribution in [0.1, 0.15) is 45.5 Å². The van der Waals surface area contributed by atoms with Gasteiger partial charge in [0.25, 0.3) is 11.8 Å². The zero-order valence-electron chi connectivity index (χ0n) is 16.8. The minimum atomic E-state index is -0.314. The second-order valence-electron chi connectivity index (χ2n) is 7.72. The Hall–Kier alpha value is -3.48. The second-order valence-corrected chi connectivity index (χ2v) is 7.72. The highest BCUT2D eigenvalue weighted by Crippen LogP contribution is 2.23. The number of hydrogen-bond donors (Lipinski definition) is 1. The van der Waals surface area contributed by atoms with Crippen LogP contribution in [0.3, 0.4) is 0 Å². The van der Waals surface area contributed by atoms with E-state index < -0.39 is 0 Å². The van der Waals surface area contributed by atoms with Crippen molar-refractivity contribution >= 4 is 29.3 Å². The van der Waals surface area contributed by atoms with Crippen LogP contribution < -0.4 is 10.2 Å². The minimum Gasteiger partial charge on any atom is -0.351 e. The highest BCUT2D eigenvalue weighted by molar-refractivity contribution is 6.21. The van der Waals surface area contributed by atoms with E-state index in [1.165, 1.54) is 4.90 Å². The van der Waals surface area contributed by atoms with Gasteiger partial charge in [-0.05, 0) is 37.6 Å². The van der Waals surface area contributed by atoms with Gasteiger partial charge in [-0.3, -0.25) is 24.1 Å². The van der Waals surface area contributed by atoms with Crippen molar-refractivity contribution in [2.24, 2.45) is 0 Å². The van der Waals surface area contributed by atoms with Crippen LogP contribution in [0.25, 0.3) is 0 Å². The van der Waals surface area contributed by atoms with Crippen LogP contribution in [0.4, 0.5) is 5.69 Å². The predicted octanol–water partition coefficient (Wildman–Crippen LogP) is 2.29. The Morgan fingerprint density at radius 3 is 2.27 bits per heavy atom. The molecule has 30 heavy (non-hydrogen) atoms. The Labute approximate surface area is 174 Å². The molecule has 0 unspecified atom stereocenters. The number of carbonyl (C=O) groups is 4. The van der Waals surface area contributed by atoms with Crippen molar-refractivity contribution in [1.29, 1.82) is 0 Å². The maximum atomic E-state index is 12.4. The fourth-order valence-electron chi connectivity index (χ4n) is 3.92. The van der Waals surface area contributed by atoms with Gasteiger partial charge in [0, 0.05) is 31.6 Å². The Morgan fingerprint density at radius 1 is 1.00 bits per heavy atom. The molecule has 7 nitrogen and oxygen atoms in total. The molecule has 0 aromatic heterocycles. The molecule has 1 fully saturated rings. The second kappa shape index (κ2) is 8.10. The van der Waals surface area contributed by atoms with Crippen molar-refractivity contribution in [2.75, 3.05) is 18.0 Å². The Kier molecular flexibility index (Phi) is 5.35. The van der Waals surface area contributed by atoms with Crippen LogP contribution in [0.5, 0.6) is 0 Å². The number of nitrogens with zero attached hydrogens (tertiary/aromatic N) is 2. The van der Waals surface area contributed by atoms with E-state index in [0.717, 1.165) is 11.3 Å². The zero-order chi connectivity index (χ0) is 21.3. The van der Waals surface area contributed by atoms with E-state index in [1.807, 2.05) is 31.2 Å². The summed E-state index contributed by atoms with van der Waals surface area (Å²) in [7, 11) is 0. The molecular formula is C23H23N3O4. The smallest absolute Gasteiger partial charge is 0.261 e. The third-order valence-electron chi connectivity index (χ3n) is 5.50. The normalized spacial score (nSPS) is 18.2. The number of benzene rings is 2. The van der Waals surface area contributed by atoms with Gasteiger partial charge in [0.2, 0.25) is 11.8 Å². The maximum Gasteiger partial charge on any atom is 0.261 e. The van der Waals surface area contributed by atoms with Gasteiger partial charge in [-0.15, -0.1) is 0 Å². The highest BCUT2D eigenvalue weighted by atomic mass is 16.2. The van der Waals surface area contributed by atoms with E-state index in [9.17, 15) is 19.2 Å². The van der Waals surface area contributed by atoms with Crippen molar-refractivity contribution in [3.63, 3.8) is 0 Å². The number of nitrogens with one attached hydrogen (secondary N) is 1. The van der Waals surface area contributed by atoms with Gasteiger partial charge in [0.1, 0.15) is 0 Å². The van der Waals surface area contributed by atoms with Gasteiger partial charge in [0.05, 0.1) is 17.2 Å². The lowest BCUT2D eigenvalue weighted by molar-refractivity contribution is -0.121. The van der Waals surface area contributed by atoms with Crippen LogP contribution in [0.15, 0.2) is 48.5 Å². The molecule has 154 valence electrons. The van der Waals surface area contributed by atoms with E-state index in [4.69, 9.17) is 0 Å². The summed E-state index contributed by atoms with van der Waals surface area (Å²) in [6.45, 7) is 2.62. The summed E-state index contributed by atoms with van der Waals surface area (Å²) in [5.74, 6) is -0.831. The van der Waals surface area contributed by atoms with Crippen LogP contribution in [-0.4, -0.2) is 47.7 Å². The van der Waals surface area contributed by atoms with E-state index in [0.29, 0.717) is 24.1 Å². The van der Waals surface area contributed by atoms with Crippen molar-refractivity contribution in [1.82, 2.24) is 10.2 Å². The summed E-state index contributed by atoms with van der Waals surface area (Å²) in [6.07, 6.45) is 0.820. The lowest BCUT2D eigenvalue weighted by Gasteiger charge is -2.18. The first-order chi connectivity index (χ1) is 14.4. The molecule has 2 aromatic rings. The molecule has 0 bridgehead atoms. The molecule has 0 spiro atoms. The molecule has 7 heteroatoms. The molecule has 1 saturated heterocycles. The van der Waals surface area contributed by atoms with E-state index in [1.54, 1.807) is 29.2 Å². The quantitative estimate of drug-likeness (QED) is 0.747. The first kappa shape index (κ1) is 19.8. The standard InChI is InChI=1S/C23H23N3O4/c1-15-8-10-17(11-9-15)26-14-16(13-21(26)28)24-20(27)7-4-12-25-22(29)18-5-2-3-6-19(18)23(25)30/h2-3,5-6,8-11,16H,4,7,12-14H2,1H3,(H,24,27)/t16-/m1/s1. The summed E-state index contributed by atoms with van der Waals surface area (Å²) in [5.41, 5.74) is 2.77. The lowest BCUT2D eigenvalue weighted by atomic mass is 10.1. The van der Waals surface area contributed by atoms with Crippen molar-refractivity contribution < 1.29 is 19.2 Å². The van der Waals surface area contributed by atoms with Crippen LogP contribution >= 0.6 is 0 Å². The molecule has 0 radical (unpaired) electrons. The van der Waals surface area contributed by atoms with Crippen molar-refractivity contribution in [2.45, 2.75) is 32.2 Å². The van der Waals surface area contributed by atoms with E-state index in [2.05, 4.69) is 5.32 Å². The average molecular weight is 405 g/mol. The first-order valence-corrected chi connectivity index (χ1v) is 10.1. The molecule has 2 aliphatic rings. The number of imide groups is 1. The monoisotopic (exact) mass is 405 g/mol. The topological polar surface area (TPSA) is 86.8 Å². The molecule has 1 N–H and O–H groups in total. The van der Waals surface area contributed by atoms with Gasteiger partial charge in [-0.2, -0.15) is 0 Å². The predicted molar refractivity (Wildman–Crippen MR) is 111 cm³/mol. The lowest BCUT2D eigenvalue weighted by Crippen LogP contribution is -2.37. The summed E-state index contributed by atoms with van der Waals surface area (Å²) in [4.78, 5) is 52.2. The summed E-state index contributed by atoms with van der Waals surface area (Å²) in [5, 5.41) is 2.90. The highest BCUT2D eigenvalue weighted by Gasteiger charge is 2.35. The minimum absolute atomic E-state index is 0.0184. The summed E-state index contributed by atoms with van der Waals surface area (Å²) < 4.78 is 0.